The van der Waals surface area contributed by atoms with Crippen LogP contribution in [-0.4, -0.2) is 69.9 Å². The monoisotopic (exact) mass is 435 g/mol. The van der Waals surface area contributed by atoms with Crippen molar-refractivity contribution >= 4 is 23.6 Å². The van der Waals surface area contributed by atoms with Gasteiger partial charge in [0.1, 0.15) is 11.9 Å². The molecule has 3 rings (SSSR count). The highest BCUT2D eigenvalue weighted by molar-refractivity contribution is 7.99. The number of thioether (sulfide) groups is 1. The zero-order chi connectivity index (χ0) is 22.4. The molecule has 5 nitrogen and oxygen atoms in total. The number of carbonyl (C=O) groups is 1. The van der Waals surface area contributed by atoms with Crippen LogP contribution in [0.15, 0.2) is 16.3 Å². The summed E-state index contributed by atoms with van der Waals surface area (Å²) in [6.45, 7) is 18.8. The van der Waals surface area contributed by atoms with Crippen molar-refractivity contribution in [2.45, 2.75) is 85.1 Å². The summed E-state index contributed by atoms with van der Waals surface area (Å²) in [7, 11) is 0. The maximum Gasteiger partial charge on any atom is 0.320 e. The molecule has 170 valence electrons. The molecule has 2 saturated heterocycles. The van der Waals surface area contributed by atoms with Gasteiger partial charge in [0.05, 0.1) is 6.04 Å². The minimum atomic E-state index is -0.663. The molecule has 4 atom stereocenters. The molecule has 2 unspecified atom stereocenters. The molecule has 3 heterocycles. The lowest BCUT2D eigenvalue weighted by Crippen LogP contribution is -2.46. The standard InChI is InChI=1S/C24H41N3O2S/c1-15(30-8)19-18-12-16(13-26-11-9-10-17(26)21(28)29)14-27(18)22(24(5,6)7)25-20(19)23(2,3)4/h15-17,20H,9-14H2,1-8H3,(H,28,29)/t15?,16?,17-,20+/m0/s1. The van der Waals surface area contributed by atoms with E-state index in [1.165, 1.54) is 17.1 Å². The number of hydrogen-bond acceptors (Lipinski definition) is 5. The molecule has 3 aliphatic rings. The Hall–Kier alpha value is -1.01. The number of carboxylic acid groups (broad SMARTS) is 1. The maximum atomic E-state index is 11.7. The Morgan fingerprint density at radius 2 is 1.93 bits per heavy atom. The number of likely N-dealkylation sites (tertiary alicyclic amines) is 1. The Morgan fingerprint density at radius 1 is 1.27 bits per heavy atom. The molecule has 30 heavy (non-hydrogen) atoms. The minimum absolute atomic E-state index is 0.0188. The van der Waals surface area contributed by atoms with Crippen molar-refractivity contribution in [3.8, 4) is 0 Å². The van der Waals surface area contributed by atoms with Crippen molar-refractivity contribution in [1.82, 2.24) is 9.80 Å². The van der Waals surface area contributed by atoms with Gasteiger partial charge in [-0.2, -0.15) is 11.8 Å². The summed E-state index contributed by atoms with van der Waals surface area (Å²) in [6.07, 6.45) is 5.00. The van der Waals surface area contributed by atoms with E-state index in [1.807, 2.05) is 11.8 Å². The zero-order valence-corrected chi connectivity index (χ0v) is 21.0. The fourth-order valence-corrected chi connectivity index (χ4v) is 5.86. The van der Waals surface area contributed by atoms with Crippen LogP contribution in [0.1, 0.15) is 67.7 Å². The SMILES string of the molecule is CSC(C)C1=C2CC(CN3CCC[C@H]3C(=O)O)CN2C(C(C)(C)C)=N[C@H]1C(C)(C)C. The van der Waals surface area contributed by atoms with Gasteiger partial charge < -0.3 is 10.0 Å². The van der Waals surface area contributed by atoms with Gasteiger partial charge in [-0.15, -0.1) is 0 Å². The first kappa shape index (κ1) is 23.6. The van der Waals surface area contributed by atoms with Crippen LogP contribution in [0.3, 0.4) is 0 Å². The van der Waals surface area contributed by atoms with Crippen LogP contribution in [0.25, 0.3) is 0 Å². The molecule has 6 heteroatoms. The van der Waals surface area contributed by atoms with Gasteiger partial charge in [-0.3, -0.25) is 14.7 Å². The highest BCUT2D eigenvalue weighted by Gasteiger charge is 2.45. The van der Waals surface area contributed by atoms with Crippen LogP contribution in [0.4, 0.5) is 0 Å². The molecule has 0 aromatic heterocycles. The second-order valence-corrected chi connectivity index (χ2v) is 12.6. The number of hydrogen-bond donors (Lipinski definition) is 1. The summed E-state index contributed by atoms with van der Waals surface area (Å²) in [5.74, 6) is 0.993. The number of carboxylic acids is 1. The second kappa shape index (κ2) is 8.50. The van der Waals surface area contributed by atoms with Gasteiger partial charge in [-0.25, -0.2) is 0 Å². The van der Waals surface area contributed by atoms with Gasteiger partial charge in [-0.1, -0.05) is 41.5 Å². The van der Waals surface area contributed by atoms with Gasteiger partial charge in [0.2, 0.25) is 0 Å². The lowest BCUT2D eigenvalue weighted by molar-refractivity contribution is -0.142. The van der Waals surface area contributed by atoms with E-state index in [1.54, 1.807) is 0 Å². The fourth-order valence-electron chi connectivity index (χ4n) is 5.34. The first-order valence-electron chi connectivity index (χ1n) is 11.4. The van der Waals surface area contributed by atoms with Crippen molar-refractivity contribution in [2.24, 2.45) is 21.7 Å². The Labute approximate surface area is 187 Å². The summed E-state index contributed by atoms with van der Waals surface area (Å²) in [5.41, 5.74) is 3.00. The zero-order valence-electron chi connectivity index (χ0n) is 20.2. The molecular weight excluding hydrogens is 394 g/mol. The molecule has 0 saturated carbocycles. The molecule has 0 amide bonds. The third kappa shape index (κ3) is 4.59. The normalized spacial score (nSPS) is 29.3. The first-order valence-corrected chi connectivity index (χ1v) is 12.7. The van der Waals surface area contributed by atoms with Crippen molar-refractivity contribution < 1.29 is 9.90 Å². The van der Waals surface area contributed by atoms with Crippen LogP contribution in [0.5, 0.6) is 0 Å². The van der Waals surface area contributed by atoms with Crippen molar-refractivity contribution in [3.05, 3.63) is 11.3 Å². The van der Waals surface area contributed by atoms with Crippen LogP contribution < -0.4 is 0 Å². The number of fused-ring (bicyclic) bond motifs is 1. The predicted molar refractivity (Wildman–Crippen MR) is 127 cm³/mol. The first-order chi connectivity index (χ1) is 13.8. The highest BCUT2D eigenvalue weighted by Crippen LogP contribution is 2.45. The molecular formula is C24H41N3O2S. The lowest BCUT2D eigenvalue weighted by Gasteiger charge is -2.43. The van der Waals surface area contributed by atoms with Gasteiger partial charge in [0, 0.05) is 29.5 Å². The number of nitrogens with zero attached hydrogens (tertiary/aromatic N) is 3. The van der Waals surface area contributed by atoms with Gasteiger partial charge in [-0.05, 0) is 55.9 Å². The van der Waals surface area contributed by atoms with Crippen LogP contribution in [0, 0.1) is 16.7 Å². The third-order valence-electron chi connectivity index (χ3n) is 6.81. The third-order valence-corrected chi connectivity index (χ3v) is 7.77. The summed E-state index contributed by atoms with van der Waals surface area (Å²) in [6, 6.07) is -0.114. The molecule has 0 aromatic carbocycles. The summed E-state index contributed by atoms with van der Waals surface area (Å²) in [5, 5.41) is 10.0. The Morgan fingerprint density at radius 3 is 2.47 bits per heavy atom. The highest BCUT2D eigenvalue weighted by atomic mass is 32.2. The van der Waals surface area contributed by atoms with E-state index in [4.69, 9.17) is 4.99 Å². The summed E-state index contributed by atoms with van der Waals surface area (Å²) >= 11 is 1.91. The molecule has 0 radical (unpaired) electrons. The van der Waals surface area contributed by atoms with E-state index in [2.05, 4.69) is 64.5 Å². The van der Waals surface area contributed by atoms with Crippen LogP contribution in [0.2, 0.25) is 0 Å². The smallest absolute Gasteiger partial charge is 0.320 e. The van der Waals surface area contributed by atoms with Crippen molar-refractivity contribution in [3.63, 3.8) is 0 Å². The number of aliphatic carboxylic acids is 1. The van der Waals surface area contributed by atoms with E-state index in [0.29, 0.717) is 11.2 Å². The van der Waals surface area contributed by atoms with Gasteiger partial charge >= 0.3 is 5.97 Å². The van der Waals surface area contributed by atoms with Gasteiger partial charge in [0.25, 0.3) is 0 Å². The van der Waals surface area contributed by atoms with Crippen LogP contribution in [-0.2, 0) is 4.79 Å². The fraction of sp³-hybridized carbons (Fsp3) is 0.833. The van der Waals surface area contributed by atoms with E-state index < -0.39 is 5.97 Å². The molecule has 1 N–H and O–H groups in total. The second-order valence-electron chi connectivity index (χ2n) is 11.4. The average Bonchev–Trinajstić information content (AvgIpc) is 3.24. The number of aliphatic imine (C=N–C) groups is 1. The molecule has 0 aliphatic carbocycles. The number of amidine groups is 1. The Bertz CT molecular complexity index is 732. The molecule has 0 spiro atoms. The van der Waals surface area contributed by atoms with E-state index in [9.17, 15) is 9.90 Å². The lowest BCUT2D eigenvalue weighted by atomic mass is 9.78. The molecule has 0 bridgehead atoms. The van der Waals surface area contributed by atoms with Crippen LogP contribution >= 0.6 is 11.8 Å². The van der Waals surface area contributed by atoms with Gasteiger partial charge in [0.15, 0.2) is 0 Å². The molecule has 3 aliphatic heterocycles. The molecule has 2 fully saturated rings. The summed E-state index contributed by atoms with van der Waals surface area (Å²) < 4.78 is 0. The average molecular weight is 436 g/mol. The maximum absolute atomic E-state index is 11.7. The largest absolute Gasteiger partial charge is 0.480 e. The quantitative estimate of drug-likeness (QED) is 0.676. The van der Waals surface area contributed by atoms with Crippen molar-refractivity contribution in [1.29, 1.82) is 0 Å². The number of allylic oxidation sites excluding steroid dienone is 1. The summed E-state index contributed by atoms with van der Waals surface area (Å²) in [4.78, 5) is 21.8. The molecule has 0 aromatic rings. The topological polar surface area (TPSA) is 56.1 Å². The Kier molecular flexibility index (Phi) is 6.70. The minimum Gasteiger partial charge on any atom is -0.480 e. The number of rotatable bonds is 5. The predicted octanol–water partition coefficient (Wildman–Crippen LogP) is 4.74. The van der Waals surface area contributed by atoms with E-state index in [0.717, 1.165) is 38.9 Å². The van der Waals surface area contributed by atoms with E-state index >= 15 is 0 Å². The van der Waals surface area contributed by atoms with E-state index in [-0.39, 0.29) is 22.9 Å². The van der Waals surface area contributed by atoms with Crippen molar-refractivity contribution in [2.75, 3.05) is 25.9 Å². The Balaban J connectivity index is 1.97.